The van der Waals surface area contributed by atoms with Crippen LogP contribution in [0.2, 0.25) is 0 Å². The maximum atomic E-state index is 13.4. The van der Waals surface area contributed by atoms with Gasteiger partial charge in [0.25, 0.3) is 0 Å². The normalized spacial score (nSPS) is 10.9. The van der Waals surface area contributed by atoms with Crippen molar-refractivity contribution in [3.63, 3.8) is 0 Å². The van der Waals surface area contributed by atoms with Crippen molar-refractivity contribution in [2.45, 2.75) is 13.3 Å². The molecule has 0 saturated heterocycles. The number of halogens is 1. The van der Waals surface area contributed by atoms with Gasteiger partial charge in [0.1, 0.15) is 11.6 Å². The largest absolute Gasteiger partial charge is 0.469 e. The summed E-state index contributed by atoms with van der Waals surface area (Å²) < 4.78 is 24.1. The first-order valence-electron chi connectivity index (χ1n) is 6.28. The van der Waals surface area contributed by atoms with Gasteiger partial charge < -0.3 is 14.7 Å². The summed E-state index contributed by atoms with van der Waals surface area (Å²) in [6.07, 6.45) is 2.30. The Labute approximate surface area is 115 Å². The van der Waals surface area contributed by atoms with Crippen LogP contribution >= 0.6 is 0 Å². The Kier molecular flexibility index (Phi) is 3.02. The van der Waals surface area contributed by atoms with Crippen LogP contribution < -0.4 is 5.73 Å². The highest BCUT2D eigenvalue weighted by atomic mass is 19.1. The molecule has 1 aromatic carbocycles. The fraction of sp³-hybridized carbons (Fsp3) is 0.133. The third kappa shape index (κ3) is 1.97. The Morgan fingerprint density at radius 3 is 2.90 bits per heavy atom. The molecular formula is C15H13FN2O2. The number of nitrogen functional groups attached to an aromatic ring is 1. The lowest BCUT2D eigenvalue weighted by Crippen LogP contribution is -1.90. The lowest BCUT2D eigenvalue weighted by molar-refractivity contribution is 0.433. The van der Waals surface area contributed by atoms with Crippen LogP contribution in [-0.4, -0.2) is 5.16 Å². The number of furan rings is 1. The summed E-state index contributed by atoms with van der Waals surface area (Å²) in [7, 11) is 0. The van der Waals surface area contributed by atoms with E-state index in [4.69, 9.17) is 14.7 Å². The molecule has 0 spiro atoms. The van der Waals surface area contributed by atoms with Gasteiger partial charge in [-0.25, -0.2) is 4.39 Å². The van der Waals surface area contributed by atoms with E-state index in [9.17, 15) is 4.39 Å². The highest BCUT2D eigenvalue weighted by molar-refractivity contribution is 5.87. The van der Waals surface area contributed by atoms with Gasteiger partial charge in [0, 0.05) is 6.42 Å². The molecule has 0 bridgehead atoms. The van der Waals surface area contributed by atoms with Crippen molar-refractivity contribution in [3.8, 4) is 22.5 Å². The van der Waals surface area contributed by atoms with Crippen molar-refractivity contribution in [1.82, 2.24) is 5.16 Å². The van der Waals surface area contributed by atoms with Gasteiger partial charge in [0.2, 0.25) is 0 Å². The molecule has 0 atom stereocenters. The molecule has 3 rings (SSSR count). The fourth-order valence-electron chi connectivity index (χ4n) is 2.23. The highest BCUT2D eigenvalue weighted by Crippen LogP contribution is 2.38. The Hall–Kier alpha value is -2.56. The summed E-state index contributed by atoms with van der Waals surface area (Å²) in [6, 6.07) is 7.96. The van der Waals surface area contributed by atoms with Gasteiger partial charge in [0.15, 0.2) is 11.6 Å². The Morgan fingerprint density at radius 1 is 1.30 bits per heavy atom. The third-order valence-electron chi connectivity index (χ3n) is 3.14. The van der Waals surface area contributed by atoms with Crippen molar-refractivity contribution in [3.05, 3.63) is 48.2 Å². The van der Waals surface area contributed by atoms with Crippen LogP contribution in [-0.2, 0) is 6.42 Å². The molecule has 0 unspecified atom stereocenters. The minimum atomic E-state index is -0.336. The third-order valence-corrected chi connectivity index (χ3v) is 3.14. The SMILES string of the molecule is CCc1occc1-c1onc(N)c1-c1cccc(F)c1. The zero-order chi connectivity index (χ0) is 14.1. The van der Waals surface area contributed by atoms with Gasteiger partial charge in [-0.1, -0.05) is 24.2 Å². The molecule has 5 heteroatoms. The molecule has 2 N–H and O–H groups in total. The molecular weight excluding hydrogens is 259 g/mol. The second kappa shape index (κ2) is 4.85. The van der Waals surface area contributed by atoms with E-state index in [-0.39, 0.29) is 11.6 Å². The molecule has 0 aliphatic carbocycles. The number of aromatic nitrogens is 1. The van der Waals surface area contributed by atoms with E-state index in [2.05, 4.69) is 5.16 Å². The predicted octanol–water partition coefficient (Wildman–Crippen LogP) is 3.89. The zero-order valence-electron chi connectivity index (χ0n) is 10.9. The zero-order valence-corrected chi connectivity index (χ0v) is 10.9. The summed E-state index contributed by atoms with van der Waals surface area (Å²) in [5.74, 6) is 1.17. The highest BCUT2D eigenvalue weighted by Gasteiger charge is 2.21. The molecule has 102 valence electrons. The topological polar surface area (TPSA) is 65.2 Å². The molecule has 0 aliphatic heterocycles. The molecule has 2 heterocycles. The number of hydrogen-bond donors (Lipinski definition) is 1. The van der Waals surface area contributed by atoms with Crippen molar-refractivity contribution >= 4 is 5.82 Å². The molecule has 0 saturated carbocycles. The molecule has 20 heavy (non-hydrogen) atoms. The van der Waals surface area contributed by atoms with Crippen molar-refractivity contribution in [1.29, 1.82) is 0 Å². The van der Waals surface area contributed by atoms with Crippen LogP contribution in [0, 0.1) is 5.82 Å². The van der Waals surface area contributed by atoms with Crippen LogP contribution in [0.3, 0.4) is 0 Å². The molecule has 4 nitrogen and oxygen atoms in total. The molecule has 0 amide bonds. The first kappa shape index (κ1) is 12.5. The number of aryl methyl sites for hydroxylation is 1. The van der Waals surface area contributed by atoms with Crippen LogP contribution in [0.25, 0.3) is 22.5 Å². The van der Waals surface area contributed by atoms with E-state index >= 15 is 0 Å². The average molecular weight is 272 g/mol. The van der Waals surface area contributed by atoms with E-state index in [1.54, 1.807) is 24.5 Å². The minimum Gasteiger partial charge on any atom is -0.469 e. The lowest BCUT2D eigenvalue weighted by Gasteiger charge is -2.02. The maximum absolute atomic E-state index is 13.4. The Morgan fingerprint density at radius 2 is 2.15 bits per heavy atom. The molecule has 0 radical (unpaired) electrons. The van der Waals surface area contributed by atoms with Gasteiger partial charge in [-0.2, -0.15) is 0 Å². The van der Waals surface area contributed by atoms with E-state index in [0.717, 1.165) is 11.3 Å². The van der Waals surface area contributed by atoms with Crippen LogP contribution in [0.15, 0.2) is 45.5 Å². The van der Waals surface area contributed by atoms with Crippen molar-refractivity contribution in [2.24, 2.45) is 0 Å². The lowest BCUT2D eigenvalue weighted by atomic mass is 10.0. The number of rotatable bonds is 3. The summed E-state index contributed by atoms with van der Waals surface area (Å²) >= 11 is 0. The number of nitrogens with two attached hydrogens (primary N) is 1. The summed E-state index contributed by atoms with van der Waals surface area (Å²) in [5.41, 5.74) is 7.86. The minimum absolute atomic E-state index is 0.230. The van der Waals surface area contributed by atoms with Crippen molar-refractivity contribution < 1.29 is 13.3 Å². The number of benzene rings is 1. The van der Waals surface area contributed by atoms with Crippen LogP contribution in [0.5, 0.6) is 0 Å². The van der Waals surface area contributed by atoms with Gasteiger partial charge in [-0.3, -0.25) is 0 Å². The van der Waals surface area contributed by atoms with E-state index < -0.39 is 0 Å². The monoisotopic (exact) mass is 272 g/mol. The van der Waals surface area contributed by atoms with Gasteiger partial charge in [-0.05, 0) is 23.8 Å². The summed E-state index contributed by atoms with van der Waals surface area (Å²) in [4.78, 5) is 0. The quantitative estimate of drug-likeness (QED) is 0.785. The van der Waals surface area contributed by atoms with Gasteiger partial charge in [-0.15, -0.1) is 0 Å². The molecule has 3 aromatic rings. The first-order valence-corrected chi connectivity index (χ1v) is 6.28. The average Bonchev–Trinajstić information content (AvgIpc) is 3.04. The maximum Gasteiger partial charge on any atom is 0.180 e. The fourth-order valence-corrected chi connectivity index (χ4v) is 2.23. The molecule has 0 fully saturated rings. The number of anilines is 1. The first-order chi connectivity index (χ1) is 9.70. The summed E-state index contributed by atoms with van der Waals surface area (Å²) in [5, 5.41) is 3.79. The second-order valence-corrected chi connectivity index (χ2v) is 4.39. The van der Waals surface area contributed by atoms with Gasteiger partial charge >= 0.3 is 0 Å². The van der Waals surface area contributed by atoms with Gasteiger partial charge in [0.05, 0.1) is 17.4 Å². The van der Waals surface area contributed by atoms with Crippen LogP contribution in [0.1, 0.15) is 12.7 Å². The Balaban J connectivity index is 2.20. The van der Waals surface area contributed by atoms with Crippen molar-refractivity contribution in [2.75, 3.05) is 5.73 Å². The Bertz CT molecular complexity index is 746. The smallest absolute Gasteiger partial charge is 0.180 e. The summed E-state index contributed by atoms with van der Waals surface area (Å²) in [6.45, 7) is 1.98. The second-order valence-electron chi connectivity index (χ2n) is 4.39. The van der Waals surface area contributed by atoms with Crippen LogP contribution in [0.4, 0.5) is 10.2 Å². The number of nitrogens with zero attached hydrogens (tertiary/aromatic N) is 1. The predicted molar refractivity (Wildman–Crippen MR) is 73.4 cm³/mol. The van der Waals surface area contributed by atoms with E-state index in [0.29, 0.717) is 23.3 Å². The van der Waals surface area contributed by atoms with E-state index in [1.165, 1.54) is 12.1 Å². The molecule has 2 aromatic heterocycles. The molecule has 0 aliphatic rings. The number of hydrogen-bond acceptors (Lipinski definition) is 4. The standard InChI is InChI=1S/C15H13FN2O2/c1-2-12-11(6-7-19-12)14-13(15(17)18-20-14)9-4-3-5-10(16)8-9/h3-8H,2H2,1H3,(H2,17,18). The van der Waals surface area contributed by atoms with E-state index in [1.807, 2.05) is 6.92 Å².